The number of nitrogens with zero attached hydrogens (tertiary/aromatic N) is 1. The number of carbonyl (C=O) groups is 1. The predicted octanol–water partition coefficient (Wildman–Crippen LogP) is 3.38. The average molecular weight is 265 g/mol. The summed E-state index contributed by atoms with van der Waals surface area (Å²) in [5, 5.41) is 0. The van der Waals surface area contributed by atoms with Crippen molar-refractivity contribution < 1.29 is 4.79 Å². The van der Waals surface area contributed by atoms with E-state index in [0.717, 1.165) is 25.1 Å². The van der Waals surface area contributed by atoms with Gasteiger partial charge < -0.3 is 4.90 Å². The van der Waals surface area contributed by atoms with Gasteiger partial charge in [-0.3, -0.25) is 4.79 Å². The predicted molar refractivity (Wildman–Crippen MR) is 82.0 cm³/mol. The van der Waals surface area contributed by atoms with Crippen LogP contribution in [0.15, 0.2) is 48.5 Å². The Kier molecular flexibility index (Phi) is 3.55. The molecule has 0 N–H and O–H groups in total. The smallest absolute Gasteiger partial charge is 0.134 e. The fraction of sp³-hybridized carbons (Fsp3) is 0.278. The van der Waals surface area contributed by atoms with E-state index in [1.807, 2.05) is 6.07 Å². The lowest BCUT2D eigenvalue weighted by atomic mass is 9.98. The summed E-state index contributed by atoms with van der Waals surface area (Å²) in [6, 6.07) is 16.9. The zero-order valence-electron chi connectivity index (χ0n) is 11.8. The molecule has 0 saturated carbocycles. The summed E-state index contributed by atoms with van der Waals surface area (Å²) in [6.45, 7) is 3.61. The molecule has 2 nitrogen and oxygen atoms in total. The molecule has 1 aliphatic heterocycles. The van der Waals surface area contributed by atoms with Gasteiger partial charge in [0, 0.05) is 25.2 Å². The zero-order valence-corrected chi connectivity index (χ0v) is 11.8. The molecule has 0 bridgehead atoms. The molecule has 0 unspecified atom stereocenters. The van der Waals surface area contributed by atoms with Gasteiger partial charge in [0.1, 0.15) is 5.78 Å². The second kappa shape index (κ2) is 5.49. The number of hydrogen-bond acceptors (Lipinski definition) is 2. The maximum atomic E-state index is 11.4. The number of carbonyl (C=O) groups excluding carboxylic acids is 1. The highest BCUT2D eigenvalue weighted by atomic mass is 16.1. The van der Waals surface area contributed by atoms with Crippen LogP contribution in [0.1, 0.15) is 23.6 Å². The summed E-state index contributed by atoms with van der Waals surface area (Å²) in [4.78, 5) is 13.8. The van der Waals surface area contributed by atoms with E-state index in [0.29, 0.717) is 6.42 Å². The minimum atomic E-state index is 0.217. The maximum absolute atomic E-state index is 11.4. The second-order valence-corrected chi connectivity index (χ2v) is 5.45. The third-order valence-corrected chi connectivity index (χ3v) is 3.90. The Hall–Kier alpha value is -2.09. The lowest BCUT2D eigenvalue weighted by molar-refractivity contribution is -0.116. The van der Waals surface area contributed by atoms with E-state index in [1.54, 1.807) is 6.92 Å². The van der Waals surface area contributed by atoms with Crippen LogP contribution < -0.4 is 4.90 Å². The van der Waals surface area contributed by atoms with E-state index in [4.69, 9.17) is 0 Å². The highest BCUT2D eigenvalue weighted by Gasteiger charge is 2.18. The highest BCUT2D eigenvalue weighted by Crippen LogP contribution is 2.27. The molecule has 3 rings (SSSR count). The molecule has 0 fully saturated rings. The molecular formula is C18H19NO. The van der Waals surface area contributed by atoms with Crippen LogP contribution in [0.4, 0.5) is 5.69 Å². The molecule has 0 spiro atoms. The van der Waals surface area contributed by atoms with Crippen LogP contribution in [0.3, 0.4) is 0 Å². The molecule has 0 atom stereocenters. The number of hydrogen-bond donors (Lipinski definition) is 0. The van der Waals surface area contributed by atoms with Crippen LogP contribution in [0, 0.1) is 0 Å². The number of ketones is 1. The Morgan fingerprint density at radius 3 is 2.55 bits per heavy atom. The van der Waals surface area contributed by atoms with Gasteiger partial charge in [-0.2, -0.15) is 0 Å². The van der Waals surface area contributed by atoms with Gasteiger partial charge in [-0.15, -0.1) is 0 Å². The monoisotopic (exact) mass is 265 g/mol. The lowest BCUT2D eigenvalue weighted by Crippen LogP contribution is -2.31. The Bertz CT molecular complexity index is 633. The first kappa shape index (κ1) is 12.9. The molecule has 2 aromatic rings. The van der Waals surface area contributed by atoms with E-state index >= 15 is 0 Å². The van der Waals surface area contributed by atoms with Crippen LogP contribution in [0.25, 0.3) is 0 Å². The minimum Gasteiger partial charge on any atom is -0.367 e. The molecule has 0 aromatic heterocycles. The van der Waals surface area contributed by atoms with E-state index in [1.165, 1.54) is 16.8 Å². The van der Waals surface area contributed by atoms with Crippen molar-refractivity contribution >= 4 is 11.5 Å². The molecular weight excluding hydrogens is 246 g/mol. The van der Waals surface area contributed by atoms with Crippen molar-refractivity contribution in [3.8, 4) is 0 Å². The van der Waals surface area contributed by atoms with Crippen LogP contribution in [0.2, 0.25) is 0 Å². The second-order valence-electron chi connectivity index (χ2n) is 5.45. The molecule has 20 heavy (non-hydrogen) atoms. The molecule has 0 radical (unpaired) electrons. The van der Waals surface area contributed by atoms with Gasteiger partial charge in [-0.05, 0) is 36.1 Å². The van der Waals surface area contributed by atoms with Gasteiger partial charge >= 0.3 is 0 Å². The molecule has 0 saturated heterocycles. The van der Waals surface area contributed by atoms with Crippen molar-refractivity contribution in [1.82, 2.24) is 0 Å². The van der Waals surface area contributed by atoms with Gasteiger partial charge in [-0.1, -0.05) is 42.5 Å². The Labute approximate surface area is 120 Å². The lowest BCUT2D eigenvalue weighted by Gasteiger charge is -2.32. The number of anilines is 1. The quantitative estimate of drug-likeness (QED) is 0.848. The first-order chi connectivity index (χ1) is 9.74. The van der Waals surface area contributed by atoms with Gasteiger partial charge in [0.2, 0.25) is 0 Å². The van der Waals surface area contributed by atoms with E-state index in [2.05, 4.69) is 47.4 Å². The van der Waals surface area contributed by atoms with Crippen LogP contribution in [-0.4, -0.2) is 12.3 Å². The number of rotatable bonds is 3. The summed E-state index contributed by atoms with van der Waals surface area (Å²) in [7, 11) is 0. The van der Waals surface area contributed by atoms with Crippen molar-refractivity contribution in [2.24, 2.45) is 0 Å². The van der Waals surface area contributed by atoms with E-state index in [-0.39, 0.29) is 5.78 Å². The topological polar surface area (TPSA) is 20.3 Å². The zero-order chi connectivity index (χ0) is 13.9. The summed E-state index contributed by atoms with van der Waals surface area (Å²) in [5.41, 5.74) is 5.20. The van der Waals surface area contributed by atoms with E-state index in [9.17, 15) is 4.79 Å². The number of fused-ring (bicyclic) bond motifs is 1. The van der Waals surface area contributed by atoms with Crippen LogP contribution in [-0.2, 0) is 24.2 Å². The van der Waals surface area contributed by atoms with Crippen molar-refractivity contribution in [2.45, 2.75) is 26.3 Å². The van der Waals surface area contributed by atoms with Crippen LogP contribution in [0.5, 0.6) is 0 Å². The number of para-hydroxylation sites is 1. The summed E-state index contributed by atoms with van der Waals surface area (Å²) < 4.78 is 0. The molecule has 1 aliphatic rings. The Morgan fingerprint density at radius 2 is 1.75 bits per heavy atom. The Balaban J connectivity index is 1.90. The first-order valence-corrected chi connectivity index (χ1v) is 7.13. The standard InChI is InChI=1S/C18H19NO/c1-14(20)12-16-7-4-5-9-18(16)19-11-10-15-6-2-3-8-17(15)13-19/h2-9H,10-13H2,1H3. The van der Waals surface area contributed by atoms with Gasteiger partial charge in [0.15, 0.2) is 0 Å². The summed E-state index contributed by atoms with van der Waals surface area (Å²) in [5.74, 6) is 0.217. The summed E-state index contributed by atoms with van der Waals surface area (Å²) in [6.07, 6.45) is 1.60. The third kappa shape index (κ3) is 2.60. The Morgan fingerprint density at radius 1 is 1.05 bits per heavy atom. The molecule has 102 valence electrons. The van der Waals surface area contributed by atoms with Crippen molar-refractivity contribution in [2.75, 3.05) is 11.4 Å². The van der Waals surface area contributed by atoms with Crippen molar-refractivity contribution in [3.05, 3.63) is 65.2 Å². The van der Waals surface area contributed by atoms with Gasteiger partial charge in [-0.25, -0.2) is 0 Å². The van der Waals surface area contributed by atoms with Crippen LogP contribution >= 0.6 is 0 Å². The summed E-state index contributed by atoms with van der Waals surface area (Å²) >= 11 is 0. The van der Waals surface area contributed by atoms with Gasteiger partial charge in [0.05, 0.1) is 0 Å². The van der Waals surface area contributed by atoms with Crippen molar-refractivity contribution in [1.29, 1.82) is 0 Å². The molecule has 2 aromatic carbocycles. The first-order valence-electron chi connectivity index (χ1n) is 7.13. The molecule has 2 heteroatoms. The maximum Gasteiger partial charge on any atom is 0.134 e. The molecule has 0 aliphatic carbocycles. The molecule has 0 amide bonds. The SMILES string of the molecule is CC(=O)Cc1ccccc1N1CCc2ccccc2C1. The van der Waals surface area contributed by atoms with E-state index < -0.39 is 0 Å². The largest absolute Gasteiger partial charge is 0.367 e. The highest BCUT2D eigenvalue weighted by molar-refractivity contribution is 5.80. The number of Topliss-reactive ketones (excluding diaryl/α,β-unsaturated/α-hetero) is 1. The minimum absolute atomic E-state index is 0.217. The van der Waals surface area contributed by atoms with Gasteiger partial charge in [0.25, 0.3) is 0 Å². The number of benzene rings is 2. The fourth-order valence-corrected chi connectivity index (χ4v) is 2.94. The third-order valence-electron chi connectivity index (χ3n) is 3.90. The average Bonchev–Trinajstić information content (AvgIpc) is 2.47. The molecule has 1 heterocycles. The normalized spacial score (nSPS) is 13.9. The van der Waals surface area contributed by atoms with Crippen molar-refractivity contribution in [3.63, 3.8) is 0 Å². The fourth-order valence-electron chi connectivity index (χ4n) is 2.94.